The summed E-state index contributed by atoms with van der Waals surface area (Å²) in [6, 6.07) is 0. The molecule has 1 spiro atoms. The van der Waals surface area contributed by atoms with Crippen LogP contribution in [0.4, 0.5) is 0 Å². The van der Waals surface area contributed by atoms with E-state index in [9.17, 15) is 0 Å². The molecule has 2 fully saturated rings. The SMILES string of the molecule is CC(C)C#CCN1CC2(CC2)C1. The lowest BCUT2D eigenvalue weighted by Gasteiger charge is -2.38. The van der Waals surface area contributed by atoms with Gasteiger partial charge in [0.25, 0.3) is 0 Å². The minimum absolute atomic E-state index is 0.529. The minimum Gasteiger partial charge on any atom is -0.291 e. The van der Waals surface area contributed by atoms with Crippen LogP contribution in [-0.2, 0) is 0 Å². The molecule has 1 saturated carbocycles. The summed E-state index contributed by atoms with van der Waals surface area (Å²) in [7, 11) is 0. The van der Waals surface area contributed by atoms with E-state index in [2.05, 4.69) is 30.6 Å². The maximum atomic E-state index is 3.23. The molecule has 1 heteroatoms. The second-order valence-corrected chi connectivity index (χ2v) is 4.62. The molecule has 66 valence electrons. The monoisotopic (exact) mass is 163 g/mol. The van der Waals surface area contributed by atoms with Crippen LogP contribution in [0, 0.1) is 23.2 Å². The molecule has 0 aromatic heterocycles. The maximum absolute atomic E-state index is 3.23. The molecule has 12 heavy (non-hydrogen) atoms. The Kier molecular flexibility index (Phi) is 1.88. The topological polar surface area (TPSA) is 3.24 Å². The van der Waals surface area contributed by atoms with Crippen molar-refractivity contribution in [3.05, 3.63) is 0 Å². The van der Waals surface area contributed by atoms with Gasteiger partial charge in [0.15, 0.2) is 0 Å². The third-order valence-corrected chi connectivity index (χ3v) is 2.77. The van der Waals surface area contributed by atoms with E-state index in [-0.39, 0.29) is 0 Å². The van der Waals surface area contributed by atoms with Gasteiger partial charge < -0.3 is 0 Å². The summed E-state index contributed by atoms with van der Waals surface area (Å²) in [6.45, 7) is 7.93. The highest BCUT2D eigenvalue weighted by Gasteiger charge is 2.51. The van der Waals surface area contributed by atoms with E-state index >= 15 is 0 Å². The Labute approximate surface area is 75.1 Å². The smallest absolute Gasteiger partial charge is 0.0602 e. The zero-order valence-electron chi connectivity index (χ0n) is 8.06. The Bertz CT molecular complexity index is 219. The van der Waals surface area contributed by atoms with Gasteiger partial charge in [-0.25, -0.2) is 0 Å². The summed E-state index contributed by atoms with van der Waals surface area (Å²) in [6.07, 6.45) is 2.95. The first-order valence-electron chi connectivity index (χ1n) is 4.91. The molecule has 0 radical (unpaired) electrons. The molecule has 0 N–H and O–H groups in total. The Balaban J connectivity index is 1.67. The third-order valence-electron chi connectivity index (χ3n) is 2.77. The van der Waals surface area contributed by atoms with E-state index < -0.39 is 0 Å². The van der Waals surface area contributed by atoms with Crippen LogP contribution in [0.25, 0.3) is 0 Å². The molecule has 0 aromatic carbocycles. The van der Waals surface area contributed by atoms with Gasteiger partial charge in [0, 0.05) is 19.0 Å². The van der Waals surface area contributed by atoms with Gasteiger partial charge in [0.2, 0.25) is 0 Å². The Morgan fingerprint density at radius 1 is 1.33 bits per heavy atom. The van der Waals surface area contributed by atoms with Gasteiger partial charge in [-0.2, -0.15) is 0 Å². The first kappa shape index (κ1) is 8.13. The van der Waals surface area contributed by atoms with Crippen molar-refractivity contribution in [1.29, 1.82) is 0 Å². The summed E-state index contributed by atoms with van der Waals surface area (Å²) >= 11 is 0. The van der Waals surface area contributed by atoms with Crippen molar-refractivity contribution in [2.24, 2.45) is 11.3 Å². The number of likely N-dealkylation sites (tertiary alicyclic amines) is 1. The molecule has 0 atom stereocenters. The lowest BCUT2D eigenvalue weighted by molar-refractivity contribution is 0.0984. The molecular weight excluding hydrogens is 146 g/mol. The van der Waals surface area contributed by atoms with Crippen molar-refractivity contribution in [2.75, 3.05) is 19.6 Å². The van der Waals surface area contributed by atoms with Crippen LogP contribution in [0.2, 0.25) is 0 Å². The minimum atomic E-state index is 0.529. The van der Waals surface area contributed by atoms with Crippen LogP contribution in [0.15, 0.2) is 0 Å². The molecule has 0 aromatic rings. The molecule has 2 rings (SSSR count). The normalized spacial score (nSPS) is 24.9. The molecule has 2 aliphatic rings. The van der Waals surface area contributed by atoms with Crippen molar-refractivity contribution in [1.82, 2.24) is 4.90 Å². The molecular formula is C11H17N. The van der Waals surface area contributed by atoms with Crippen molar-refractivity contribution >= 4 is 0 Å². The quantitative estimate of drug-likeness (QED) is 0.532. The predicted molar refractivity (Wildman–Crippen MR) is 50.7 cm³/mol. The van der Waals surface area contributed by atoms with E-state index in [1.54, 1.807) is 0 Å². The van der Waals surface area contributed by atoms with Crippen molar-refractivity contribution in [3.8, 4) is 11.8 Å². The van der Waals surface area contributed by atoms with Crippen molar-refractivity contribution in [3.63, 3.8) is 0 Å². The molecule has 0 unspecified atom stereocenters. The first-order chi connectivity index (χ1) is 5.70. The average Bonchev–Trinajstić information content (AvgIpc) is 2.64. The van der Waals surface area contributed by atoms with E-state index in [0.29, 0.717) is 5.92 Å². The molecule has 0 amide bonds. The van der Waals surface area contributed by atoms with Crippen LogP contribution in [-0.4, -0.2) is 24.5 Å². The van der Waals surface area contributed by atoms with Crippen LogP contribution in [0.3, 0.4) is 0 Å². The summed E-state index contributed by atoms with van der Waals surface area (Å²) in [5.41, 5.74) is 0.791. The van der Waals surface area contributed by atoms with Gasteiger partial charge in [0.1, 0.15) is 0 Å². The van der Waals surface area contributed by atoms with E-state index in [1.807, 2.05) is 0 Å². The highest BCUT2D eigenvalue weighted by atomic mass is 15.2. The second-order valence-electron chi connectivity index (χ2n) is 4.62. The van der Waals surface area contributed by atoms with Gasteiger partial charge >= 0.3 is 0 Å². The van der Waals surface area contributed by atoms with Gasteiger partial charge in [-0.05, 0) is 18.3 Å². The number of nitrogens with zero attached hydrogens (tertiary/aromatic N) is 1. The summed E-state index contributed by atoms with van der Waals surface area (Å²) in [5, 5.41) is 0. The molecule has 1 heterocycles. The van der Waals surface area contributed by atoms with Crippen molar-refractivity contribution in [2.45, 2.75) is 26.7 Å². The van der Waals surface area contributed by atoms with Crippen molar-refractivity contribution < 1.29 is 0 Å². The highest BCUT2D eigenvalue weighted by molar-refractivity contribution is 5.10. The standard InChI is InChI=1S/C11H17N/c1-10(2)4-3-7-12-8-11(9-12)5-6-11/h10H,5-9H2,1-2H3. The number of hydrogen-bond acceptors (Lipinski definition) is 1. The lowest BCUT2D eigenvalue weighted by Crippen LogP contribution is -2.48. The zero-order valence-corrected chi connectivity index (χ0v) is 8.06. The third kappa shape index (κ3) is 1.64. The average molecular weight is 163 g/mol. The summed E-state index contributed by atoms with van der Waals surface area (Å²) in [4.78, 5) is 2.46. The molecule has 1 nitrogen and oxygen atoms in total. The van der Waals surface area contributed by atoms with Crippen LogP contribution >= 0.6 is 0 Å². The number of rotatable bonds is 1. The molecule has 0 bridgehead atoms. The second kappa shape index (κ2) is 2.78. The Hall–Kier alpha value is -0.480. The predicted octanol–water partition coefficient (Wildman–Crippen LogP) is 1.74. The van der Waals surface area contributed by atoms with E-state index in [1.165, 1.54) is 25.9 Å². The van der Waals surface area contributed by atoms with Gasteiger partial charge in [0.05, 0.1) is 6.54 Å². The fourth-order valence-electron chi connectivity index (χ4n) is 1.87. The van der Waals surface area contributed by atoms with Crippen LogP contribution < -0.4 is 0 Å². The van der Waals surface area contributed by atoms with Crippen LogP contribution in [0.1, 0.15) is 26.7 Å². The fraction of sp³-hybridized carbons (Fsp3) is 0.818. The Morgan fingerprint density at radius 3 is 2.50 bits per heavy atom. The highest BCUT2D eigenvalue weighted by Crippen LogP contribution is 2.52. The van der Waals surface area contributed by atoms with E-state index in [0.717, 1.165) is 12.0 Å². The fourth-order valence-corrected chi connectivity index (χ4v) is 1.87. The first-order valence-corrected chi connectivity index (χ1v) is 4.91. The molecule has 1 aliphatic carbocycles. The molecule has 1 saturated heterocycles. The number of hydrogen-bond donors (Lipinski definition) is 0. The largest absolute Gasteiger partial charge is 0.291 e. The van der Waals surface area contributed by atoms with Gasteiger partial charge in [-0.15, -0.1) is 0 Å². The summed E-state index contributed by atoms with van der Waals surface area (Å²) < 4.78 is 0. The molecule has 1 aliphatic heterocycles. The van der Waals surface area contributed by atoms with E-state index in [4.69, 9.17) is 0 Å². The maximum Gasteiger partial charge on any atom is 0.0602 e. The lowest BCUT2D eigenvalue weighted by atomic mass is 9.97. The van der Waals surface area contributed by atoms with Crippen LogP contribution in [0.5, 0.6) is 0 Å². The Morgan fingerprint density at radius 2 is 2.00 bits per heavy atom. The van der Waals surface area contributed by atoms with Gasteiger partial charge in [-0.1, -0.05) is 25.7 Å². The van der Waals surface area contributed by atoms with Gasteiger partial charge in [-0.3, -0.25) is 4.90 Å². The zero-order chi connectivity index (χ0) is 8.60. The summed E-state index contributed by atoms with van der Waals surface area (Å²) in [5.74, 6) is 6.96.